The fourth-order valence-corrected chi connectivity index (χ4v) is 2.62. The topological polar surface area (TPSA) is 71.3 Å². The number of carbonyl (C=O) groups excluding carboxylic acids is 2. The molecule has 0 fully saturated rings. The van der Waals surface area contributed by atoms with Crippen molar-refractivity contribution in [3.63, 3.8) is 0 Å². The maximum absolute atomic E-state index is 14.2. The van der Waals surface area contributed by atoms with Crippen LogP contribution in [0.5, 0.6) is 0 Å². The number of benzene rings is 1. The SMILES string of the molecule is CCc1cc(C)c(C(=O)Nc2cc3c(cc2F)NC(=O)CC3)o1. The summed E-state index contributed by atoms with van der Waals surface area (Å²) in [6, 6.07) is 4.59. The molecule has 0 atom stereocenters. The van der Waals surface area contributed by atoms with Crippen LogP contribution in [0.15, 0.2) is 22.6 Å². The molecule has 0 saturated carbocycles. The van der Waals surface area contributed by atoms with E-state index < -0.39 is 11.7 Å². The minimum atomic E-state index is -0.598. The Bertz CT molecular complexity index is 795. The van der Waals surface area contributed by atoms with E-state index in [1.165, 1.54) is 6.07 Å². The van der Waals surface area contributed by atoms with E-state index in [9.17, 15) is 14.0 Å². The van der Waals surface area contributed by atoms with Crippen LogP contribution in [-0.2, 0) is 17.6 Å². The third-order valence-electron chi connectivity index (χ3n) is 3.86. The number of anilines is 2. The van der Waals surface area contributed by atoms with Crippen LogP contribution in [0.3, 0.4) is 0 Å². The molecule has 2 aromatic rings. The predicted octanol–water partition coefficient (Wildman–Crippen LogP) is 3.43. The molecule has 1 aliphatic rings. The molecular weight excluding hydrogens is 299 g/mol. The summed E-state index contributed by atoms with van der Waals surface area (Å²) in [6.45, 7) is 3.70. The molecule has 0 bridgehead atoms. The minimum absolute atomic E-state index is 0.0822. The number of rotatable bonds is 3. The quantitative estimate of drug-likeness (QED) is 0.911. The zero-order valence-electron chi connectivity index (χ0n) is 13.0. The summed E-state index contributed by atoms with van der Waals surface area (Å²) in [6.07, 6.45) is 1.55. The number of nitrogens with one attached hydrogen (secondary N) is 2. The molecule has 6 heteroatoms. The molecule has 0 saturated heterocycles. The van der Waals surface area contributed by atoms with Gasteiger partial charge in [0.2, 0.25) is 5.91 Å². The molecule has 5 nitrogen and oxygen atoms in total. The Kier molecular flexibility index (Phi) is 3.90. The molecule has 2 heterocycles. The Balaban J connectivity index is 1.86. The average molecular weight is 316 g/mol. The monoisotopic (exact) mass is 316 g/mol. The highest BCUT2D eigenvalue weighted by atomic mass is 19.1. The Hall–Kier alpha value is -2.63. The van der Waals surface area contributed by atoms with Gasteiger partial charge in [0.1, 0.15) is 11.6 Å². The zero-order chi connectivity index (χ0) is 16.6. The Morgan fingerprint density at radius 3 is 2.83 bits per heavy atom. The normalized spacial score (nSPS) is 13.4. The lowest BCUT2D eigenvalue weighted by molar-refractivity contribution is -0.116. The summed E-state index contributed by atoms with van der Waals surface area (Å²) in [5.74, 6) is -0.319. The first kappa shape index (κ1) is 15.3. The molecular formula is C17H17FN2O3. The highest BCUT2D eigenvalue weighted by Crippen LogP contribution is 2.29. The van der Waals surface area contributed by atoms with Crippen LogP contribution in [0.2, 0.25) is 0 Å². The van der Waals surface area contributed by atoms with Gasteiger partial charge in [0.25, 0.3) is 5.91 Å². The maximum Gasteiger partial charge on any atom is 0.291 e. The first-order valence-corrected chi connectivity index (χ1v) is 7.51. The van der Waals surface area contributed by atoms with Crippen molar-refractivity contribution in [2.45, 2.75) is 33.1 Å². The summed E-state index contributed by atoms with van der Waals surface area (Å²) in [4.78, 5) is 23.6. The van der Waals surface area contributed by atoms with Crippen molar-refractivity contribution in [1.82, 2.24) is 0 Å². The Morgan fingerprint density at radius 1 is 1.35 bits per heavy atom. The standard InChI is InChI=1S/C17H17FN2O3/c1-3-11-6-9(2)16(23-11)17(22)20-14-7-10-4-5-15(21)19-13(10)8-12(14)18/h6-8H,3-5H2,1-2H3,(H,19,21)(H,20,22). The second kappa shape index (κ2) is 5.87. The van der Waals surface area contributed by atoms with Gasteiger partial charge in [0, 0.05) is 24.1 Å². The molecule has 1 aliphatic heterocycles. The van der Waals surface area contributed by atoms with Crippen molar-refractivity contribution in [2.75, 3.05) is 10.6 Å². The van der Waals surface area contributed by atoms with Gasteiger partial charge in [-0.1, -0.05) is 6.92 Å². The predicted molar refractivity (Wildman–Crippen MR) is 84.1 cm³/mol. The highest BCUT2D eigenvalue weighted by molar-refractivity contribution is 6.04. The smallest absolute Gasteiger partial charge is 0.291 e. The summed E-state index contributed by atoms with van der Waals surface area (Å²) >= 11 is 0. The molecule has 1 aromatic carbocycles. The molecule has 0 radical (unpaired) electrons. The van der Waals surface area contributed by atoms with Crippen molar-refractivity contribution in [2.24, 2.45) is 0 Å². The van der Waals surface area contributed by atoms with Gasteiger partial charge in [0.15, 0.2) is 5.76 Å². The number of furan rings is 1. The number of fused-ring (bicyclic) bond motifs is 1. The number of hydrogen-bond donors (Lipinski definition) is 2. The number of aryl methyl sites for hydroxylation is 3. The highest BCUT2D eigenvalue weighted by Gasteiger charge is 2.21. The van der Waals surface area contributed by atoms with Gasteiger partial charge >= 0.3 is 0 Å². The third-order valence-corrected chi connectivity index (χ3v) is 3.86. The number of halogens is 1. The zero-order valence-corrected chi connectivity index (χ0v) is 13.0. The van der Waals surface area contributed by atoms with E-state index in [1.54, 1.807) is 19.1 Å². The van der Waals surface area contributed by atoms with E-state index in [0.717, 1.165) is 5.56 Å². The second-order valence-corrected chi connectivity index (χ2v) is 5.57. The lowest BCUT2D eigenvalue weighted by Crippen LogP contribution is -2.20. The van der Waals surface area contributed by atoms with Gasteiger partial charge < -0.3 is 15.1 Å². The average Bonchev–Trinajstić information content (AvgIpc) is 2.89. The Morgan fingerprint density at radius 2 is 2.13 bits per heavy atom. The van der Waals surface area contributed by atoms with Crippen molar-refractivity contribution < 1.29 is 18.4 Å². The van der Waals surface area contributed by atoms with Crippen molar-refractivity contribution >= 4 is 23.2 Å². The van der Waals surface area contributed by atoms with Gasteiger partial charge in [-0.05, 0) is 37.1 Å². The fourth-order valence-electron chi connectivity index (χ4n) is 2.62. The summed E-state index contributed by atoms with van der Waals surface area (Å²) in [5.41, 5.74) is 2.05. The molecule has 3 rings (SSSR count). The van der Waals surface area contributed by atoms with Crippen molar-refractivity contribution in [3.05, 3.63) is 46.7 Å². The largest absolute Gasteiger partial charge is 0.456 e. The molecule has 0 spiro atoms. The lowest BCUT2D eigenvalue weighted by atomic mass is 10.0. The molecule has 2 amide bonds. The van der Waals surface area contributed by atoms with Gasteiger partial charge in [-0.3, -0.25) is 9.59 Å². The number of hydrogen-bond acceptors (Lipinski definition) is 3. The van der Waals surface area contributed by atoms with Crippen LogP contribution in [-0.4, -0.2) is 11.8 Å². The van der Waals surface area contributed by atoms with Crippen LogP contribution < -0.4 is 10.6 Å². The molecule has 2 N–H and O–H groups in total. The lowest BCUT2D eigenvalue weighted by Gasteiger charge is -2.18. The molecule has 1 aromatic heterocycles. The summed E-state index contributed by atoms with van der Waals surface area (Å²) in [7, 11) is 0. The number of carbonyl (C=O) groups is 2. The van der Waals surface area contributed by atoms with Gasteiger partial charge in [-0.2, -0.15) is 0 Å². The van der Waals surface area contributed by atoms with Crippen molar-refractivity contribution in [3.8, 4) is 0 Å². The molecule has 120 valence electrons. The van der Waals surface area contributed by atoms with Crippen LogP contribution in [0.4, 0.5) is 15.8 Å². The van der Waals surface area contributed by atoms with E-state index in [0.29, 0.717) is 36.3 Å². The first-order chi connectivity index (χ1) is 11.0. The number of amides is 2. The molecule has 23 heavy (non-hydrogen) atoms. The van der Waals surface area contributed by atoms with E-state index in [4.69, 9.17) is 4.42 Å². The van der Waals surface area contributed by atoms with Gasteiger partial charge in [0.05, 0.1) is 5.69 Å². The van der Waals surface area contributed by atoms with E-state index in [2.05, 4.69) is 10.6 Å². The molecule has 0 aliphatic carbocycles. The van der Waals surface area contributed by atoms with Crippen LogP contribution in [0.25, 0.3) is 0 Å². The maximum atomic E-state index is 14.2. The van der Waals surface area contributed by atoms with Crippen LogP contribution >= 0.6 is 0 Å². The minimum Gasteiger partial charge on any atom is -0.456 e. The van der Waals surface area contributed by atoms with Gasteiger partial charge in [-0.25, -0.2) is 4.39 Å². The fraction of sp³-hybridized carbons (Fsp3) is 0.294. The van der Waals surface area contributed by atoms with E-state index in [1.807, 2.05) is 6.92 Å². The summed E-state index contributed by atoms with van der Waals surface area (Å²) < 4.78 is 19.6. The summed E-state index contributed by atoms with van der Waals surface area (Å²) in [5, 5.41) is 5.17. The van der Waals surface area contributed by atoms with Crippen LogP contribution in [0.1, 0.15) is 40.8 Å². The van der Waals surface area contributed by atoms with E-state index in [-0.39, 0.29) is 17.4 Å². The third kappa shape index (κ3) is 2.97. The van der Waals surface area contributed by atoms with Crippen LogP contribution in [0, 0.1) is 12.7 Å². The van der Waals surface area contributed by atoms with Gasteiger partial charge in [-0.15, -0.1) is 0 Å². The Labute approximate surface area is 132 Å². The van der Waals surface area contributed by atoms with E-state index >= 15 is 0 Å². The molecule has 0 unspecified atom stereocenters. The van der Waals surface area contributed by atoms with Crippen molar-refractivity contribution in [1.29, 1.82) is 0 Å². The second-order valence-electron chi connectivity index (χ2n) is 5.57. The first-order valence-electron chi connectivity index (χ1n) is 7.51.